The molecule has 4 unspecified atom stereocenters. The molecule has 0 aliphatic carbocycles. The largest absolute Gasteiger partial charge is 0.494 e. The predicted octanol–water partition coefficient (Wildman–Crippen LogP) is 24.0. The molecule has 26 nitrogen and oxygen atoms in total. The van der Waals surface area contributed by atoms with Crippen LogP contribution in [0.4, 0.5) is 19.2 Å². The summed E-state index contributed by atoms with van der Waals surface area (Å²) in [6.45, 7) is 14.6. The van der Waals surface area contributed by atoms with Crippen LogP contribution in [-0.2, 0) is 59.5 Å². The van der Waals surface area contributed by atoms with Gasteiger partial charge in [-0.1, -0.05) is 132 Å². The van der Waals surface area contributed by atoms with E-state index in [1.807, 2.05) is 220 Å². The lowest BCUT2D eigenvalue weighted by Gasteiger charge is -2.35. The molecule has 11 heterocycles. The first-order valence-corrected chi connectivity index (χ1v) is 48.2. The Bertz CT molecular complexity index is 6930. The highest BCUT2D eigenvalue weighted by Crippen LogP contribution is 2.46. The standard InChI is InChI=1S/C28H27ClN4O3.C27H24Cl2N2O3.C27H27ClN4O3.C26H25ClN4O3/c1-2-3-16-36-28(34)33-14-11-23-24-18-21(29)7-10-25(24)31-26(23)27(33)20-5-8-22(9-6-20)35-17-4-13-32-15-12-30-19-32;28-14-4-16-33-20-10-7-18(8-11-20)26-25-22(23-17-19(29)9-12-24(23)30-25)13-15-31(26)27(32)34-21-5-2-1-3-6-21;1-2-15-35-27(33)32-13-10-22-23-17-20(28)6-9-24(23)30-25(22)26(32)19-4-7-21(8-5-19)34-16-3-12-31-14-11-29-18-31;1-2-33-26(32)31-13-10-21-22-16-19(27)6-9-23(22)29-24(21)25(31)18-4-7-20(8-5-18)34-15-3-12-30-14-11-28-17-30/h1,5-10,12,15,18-19,27,31H,3-4,11,13-14,16-17H2;1-3,5-12,17,26,30H,4,13-16H2;2,4-9,11,14,17-18,26,30H,1,3,10,12-13,15-16H2;2,4-9,11,14,16-17,25,29H,1,3,10,12-13,15H2. The summed E-state index contributed by atoms with van der Waals surface area (Å²) >= 11 is 30.9. The van der Waals surface area contributed by atoms with Crippen LogP contribution in [0.2, 0.25) is 20.1 Å². The number of alkyl halides is 1. The number of carbonyl (C=O) groups is 4. The number of halogens is 5. The highest BCUT2D eigenvalue weighted by Gasteiger charge is 2.41. The quantitative estimate of drug-likeness (QED) is 0.00847. The van der Waals surface area contributed by atoms with E-state index in [2.05, 4.69) is 54.0 Å². The molecule has 31 heteroatoms. The SMILES string of the molecule is C#CCCOC(=O)N1CCc2c([nH]c3ccc(Cl)cc23)C1c1ccc(OCCCn2ccnc2)cc1.C=CCOC(=O)N1CCc2c([nH]c3ccc(Cl)cc23)C1c1ccc(OCCCn2ccnc2)cc1.C=COC(=O)N1CCc2c([nH]c3ccc(Cl)cc23)C1c1ccc(OCCCn2ccnc2)cc1.O=C(Oc1ccccc1)N1CCc2c([nH]c3ccc(Cl)cc23)C1c1ccc(OCCCCl)cc1. The van der Waals surface area contributed by atoms with Crippen molar-refractivity contribution in [1.82, 2.24) is 68.2 Å². The molecule has 4 amide bonds. The van der Waals surface area contributed by atoms with Crippen molar-refractivity contribution in [3.63, 3.8) is 0 Å². The van der Waals surface area contributed by atoms with Crippen molar-refractivity contribution in [3.8, 4) is 41.1 Å². The van der Waals surface area contributed by atoms with Gasteiger partial charge in [-0.05, 0) is 229 Å². The van der Waals surface area contributed by atoms with E-state index in [4.69, 9.17) is 102 Å². The molecule has 4 N–H and O–H groups in total. The van der Waals surface area contributed by atoms with E-state index in [9.17, 15) is 19.2 Å². The number of fused-ring (bicyclic) bond motifs is 12. The molecule has 7 aromatic heterocycles. The van der Waals surface area contributed by atoms with E-state index in [0.717, 1.165) is 157 Å². The summed E-state index contributed by atoms with van der Waals surface area (Å²) in [4.78, 5) is 85.4. The number of nitrogens with one attached hydrogen (secondary N) is 4. The lowest BCUT2D eigenvalue weighted by molar-refractivity contribution is 0.0905. The van der Waals surface area contributed by atoms with Crippen LogP contribution in [0.25, 0.3) is 43.6 Å². The van der Waals surface area contributed by atoms with E-state index in [-0.39, 0.29) is 55.7 Å². The molecule has 4 aliphatic heterocycles. The number of rotatable bonds is 29. The Kier molecular flexibility index (Phi) is 31.9. The van der Waals surface area contributed by atoms with Crippen LogP contribution in [0.15, 0.2) is 282 Å². The van der Waals surface area contributed by atoms with Crippen molar-refractivity contribution in [1.29, 1.82) is 0 Å². The normalized spacial score (nSPS) is 15.1. The number of amides is 4. The fraction of sp³-hybridized carbons (Fsp3) is 0.250. The first kappa shape index (κ1) is 96.2. The van der Waals surface area contributed by atoms with Gasteiger partial charge in [-0.3, -0.25) is 19.6 Å². The smallest absolute Gasteiger partial charge is 0.416 e. The van der Waals surface area contributed by atoms with Gasteiger partial charge in [0.05, 0.1) is 51.7 Å². The molecule has 0 fully saturated rings. The van der Waals surface area contributed by atoms with Crippen LogP contribution in [0.1, 0.15) is 124 Å². The predicted molar refractivity (Wildman–Crippen MR) is 541 cm³/mol. The number of benzene rings is 9. The number of ether oxygens (including phenoxy) is 8. The van der Waals surface area contributed by atoms with E-state index in [1.54, 1.807) is 75.4 Å². The molecule has 4 atom stereocenters. The Balaban J connectivity index is 0.000000128. The molecule has 0 bridgehead atoms. The van der Waals surface area contributed by atoms with Gasteiger partial charge in [0.2, 0.25) is 0 Å². The highest BCUT2D eigenvalue weighted by molar-refractivity contribution is 6.32. The van der Waals surface area contributed by atoms with Crippen molar-refractivity contribution in [2.45, 2.75) is 102 Å². The zero-order valence-corrected chi connectivity index (χ0v) is 80.0. The fourth-order valence-corrected chi connectivity index (χ4v) is 19.1. The summed E-state index contributed by atoms with van der Waals surface area (Å²) in [5.74, 6) is 6.72. The number of aromatic nitrogens is 10. The van der Waals surface area contributed by atoms with Gasteiger partial charge in [0, 0.05) is 182 Å². The Morgan fingerprint density at radius 1 is 0.396 bits per heavy atom. The summed E-state index contributed by atoms with van der Waals surface area (Å²) in [5.41, 5.74) is 16.5. The molecular formula is C108H103Cl5N14O12. The molecule has 139 heavy (non-hydrogen) atoms. The van der Waals surface area contributed by atoms with Crippen molar-refractivity contribution in [2.75, 3.05) is 71.7 Å². The fourth-order valence-electron chi connectivity index (χ4n) is 18.3. The minimum absolute atomic E-state index is 0.170. The molecule has 16 aromatic rings. The van der Waals surface area contributed by atoms with Crippen molar-refractivity contribution in [2.24, 2.45) is 0 Å². The molecule has 20 rings (SSSR count). The van der Waals surface area contributed by atoms with Crippen molar-refractivity contribution < 1.29 is 57.1 Å². The molecule has 712 valence electrons. The summed E-state index contributed by atoms with van der Waals surface area (Å²) in [6, 6.07) is 62.7. The van der Waals surface area contributed by atoms with Crippen LogP contribution in [0.3, 0.4) is 0 Å². The number of hydrogen-bond donors (Lipinski definition) is 4. The van der Waals surface area contributed by atoms with Crippen LogP contribution in [-0.4, -0.2) is 164 Å². The molecule has 0 saturated heterocycles. The van der Waals surface area contributed by atoms with E-state index < -0.39 is 6.09 Å². The zero-order valence-electron chi connectivity index (χ0n) is 76.2. The first-order valence-electron chi connectivity index (χ1n) is 46.1. The second-order valence-corrected chi connectivity index (χ2v) is 35.7. The number of hydrogen-bond acceptors (Lipinski definition) is 15. The third-order valence-corrected chi connectivity index (χ3v) is 25.9. The van der Waals surface area contributed by atoms with Crippen LogP contribution in [0.5, 0.6) is 28.7 Å². The first-order chi connectivity index (χ1) is 68.0. The van der Waals surface area contributed by atoms with Gasteiger partial charge in [-0.2, -0.15) is 0 Å². The van der Waals surface area contributed by atoms with Crippen molar-refractivity contribution >= 4 is 126 Å². The number of terminal acetylenes is 1. The van der Waals surface area contributed by atoms with Gasteiger partial charge >= 0.3 is 24.4 Å². The van der Waals surface area contributed by atoms with E-state index >= 15 is 0 Å². The molecular weight excluding hydrogens is 1860 g/mol. The van der Waals surface area contributed by atoms with Crippen LogP contribution in [0, 0.1) is 12.3 Å². The zero-order chi connectivity index (χ0) is 96.1. The summed E-state index contributed by atoms with van der Waals surface area (Å²) in [6.07, 6.45) is 29.7. The third kappa shape index (κ3) is 23.2. The number of aryl methyl sites for hydroxylation is 3. The Labute approximate surface area is 829 Å². The van der Waals surface area contributed by atoms with Gasteiger partial charge in [-0.25, -0.2) is 34.1 Å². The number of aromatic amines is 4. The maximum Gasteiger partial charge on any atom is 0.416 e. The third-order valence-electron chi connectivity index (χ3n) is 24.7. The summed E-state index contributed by atoms with van der Waals surface area (Å²) in [7, 11) is 0. The lowest BCUT2D eigenvalue weighted by atomic mass is 9.92. The average molecular weight is 1970 g/mol. The lowest BCUT2D eigenvalue weighted by Crippen LogP contribution is -2.42. The molecule has 9 aromatic carbocycles. The number of nitrogens with zero attached hydrogens (tertiary/aromatic N) is 10. The van der Waals surface area contributed by atoms with Crippen LogP contribution >= 0.6 is 58.0 Å². The van der Waals surface area contributed by atoms with Crippen molar-refractivity contribution in [3.05, 3.63) is 369 Å². The number of para-hydroxylation sites is 1. The molecule has 0 radical (unpaired) electrons. The van der Waals surface area contributed by atoms with Crippen LogP contribution < -0.4 is 23.7 Å². The maximum absolute atomic E-state index is 13.3. The molecule has 4 aliphatic rings. The van der Waals surface area contributed by atoms with Gasteiger partial charge in [0.1, 0.15) is 66.1 Å². The Morgan fingerprint density at radius 3 is 1.03 bits per heavy atom. The molecule has 0 spiro atoms. The minimum Gasteiger partial charge on any atom is -0.494 e. The number of imidazole rings is 3. The highest BCUT2D eigenvalue weighted by atomic mass is 35.5. The van der Waals surface area contributed by atoms with E-state index in [1.165, 1.54) is 28.5 Å². The van der Waals surface area contributed by atoms with Gasteiger partial charge < -0.3 is 71.5 Å². The van der Waals surface area contributed by atoms with Gasteiger partial charge in [0.25, 0.3) is 0 Å². The monoisotopic (exact) mass is 1960 g/mol. The number of H-pyrrole nitrogens is 4. The average Bonchev–Trinajstić information content (AvgIpc) is 1.63. The second kappa shape index (κ2) is 46.1. The molecule has 0 saturated carbocycles. The number of carbonyl (C=O) groups excluding carboxylic acids is 4. The topological polar surface area (TPSA) is 272 Å². The Hall–Kier alpha value is -14.5. The summed E-state index contributed by atoms with van der Waals surface area (Å²) in [5, 5.41) is 7.11. The maximum atomic E-state index is 13.3. The summed E-state index contributed by atoms with van der Waals surface area (Å²) < 4.78 is 51.4. The van der Waals surface area contributed by atoms with Gasteiger partial charge in [0.15, 0.2) is 0 Å². The Morgan fingerprint density at radius 2 is 0.719 bits per heavy atom. The second-order valence-electron chi connectivity index (χ2n) is 33.6. The van der Waals surface area contributed by atoms with E-state index in [0.29, 0.717) is 116 Å². The van der Waals surface area contributed by atoms with Gasteiger partial charge in [-0.15, -0.1) is 23.9 Å². The minimum atomic E-state index is -0.429.